The van der Waals surface area contributed by atoms with E-state index in [1.54, 1.807) is 0 Å². The van der Waals surface area contributed by atoms with Crippen molar-refractivity contribution in [2.24, 2.45) is 5.92 Å². The van der Waals surface area contributed by atoms with Crippen molar-refractivity contribution in [2.75, 3.05) is 13.6 Å². The van der Waals surface area contributed by atoms with E-state index in [0.717, 1.165) is 12.1 Å². The van der Waals surface area contributed by atoms with Gasteiger partial charge >= 0.3 is 0 Å². The van der Waals surface area contributed by atoms with Crippen LogP contribution in [0.25, 0.3) is 0 Å². The third-order valence-electron chi connectivity index (χ3n) is 3.98. The van der Waals surface area contributed by atoms with Gasteiger partial charge in [-0.25, -0.2) is 0 Å². The van der Waals surface area contributed by atoms with Crippen LogP contribution >= 0.6 is 15.9 Å². The van der Waals surface area contributed by atoms with E-state index in [1.807, 2.05) is 11.9 Å². The summed E-state index contributed by atoms with van der Waals surface area (Å²) >= 11 is 3.60. The predicted octanol–water partition coefficient (Wildman–Crippen LogP) is 3.48. The Balaban J connectivity index is 1.91. The number of halogens is 1. The van der Waals surface area contributed by atoms with Crippen molar-refractivity contribution in [2.45, 2.75) is 37.9 Å². The maximum Gasteiger partial charge on any atom is 0.226 e. The molecule has 0 saturated heterocycles. The van der Waals surface area contributed by atoms with Crippen molar-refractivity contribution in [1.29, 1.82) is 0 Å². The Kier molecular flexibility index (Phi) is 4.67. The van der Waals surface area contributed by atoms with Crippen LogP contribution in [0.3, 0.4) is 0 Å². The van der Waals surface area contributed by atoms with Gasteiger partial charge in [0.15, 0.2) is 0 Å². The average Bonchev–Trinajstić information content (AvgIpc) is 2.31. The van der Waals surface area contributed by atoms with Crippen LogP contribution in [0.4, 0.5) is 0 Å². The highest BCUT2D eigenvalue weighted by molar-refractivity contribution is 9.09. The van der Waals surface area contributed by atoms with Crippen LogP contribution < -0.4 is 0 Å². The Morgan fingerprint density at radius 2 is 2.05 bits per heavy atom. The third-order valence-corrected chi connectivity index (χ3v) is 4.73. The first kappa shape index (κ1) is 14.6. The average molecular weight is 324 g/mol. The van der Waals surface area contributed by atoms with Gasteiger partial charge in [0.25, 0.3) is 0 Å². The summed E-state index contributed by atoms with van der Waals surface area (Å²) in [6, 6.07) is 6.32. The molecule has 1 aromatic carbocycles. The van der Waals surface area contributed by atoms with Crippen molar-refractivity contribution in [3.8, 4) is 0 Å². The molecule has 1 aliphatic carbocycles. The summed E-state index contributed by atoms with van der Waals surface area (Å²) in [5.41, 5.74) is 3.58. The van der Waals surface area contributed by atoms with E-state index in [0.29, 0.717) is 17.2 Å². The Morgan fingerprint density at radius 3 is 2.68 bits per heavy atom. The van der Waals surface area contributed by atoms with E-state index >= 15 is 0 Å². The first-order chi connectivity index (χ1) is 8.95. The molecule has 0 bridgehead atoms. The minimum atomic E-state index is 0.228. The van der Waals surface area contributed by atoms with Gasteiger partial charge in [0.05, 0.1) is 6.42 Å². The molecule has 1 fully saturated rings. The number of aryl methyl sites for hydroxylation is 2. The highest BCUT2D eigenvalue weighted by atomic mass is 79.9. The Bertz CT molecular complexity index is 466. The molecule has 1 amide bonds. The number of amides is 1. The van der Waals surface area contributed by atoms with Gasteiger partial charge in [-0.3, -0.25) is 4.79 Å². The number of hydrogen-bond donors (Lipinski definition) is 0. The number of carbonyl (C=O) groups excluding carboxylic acids is 1. The summed E-state index contributed by atoms with van der Waals surface area (Å²) in [5, 5.41) is 0. The topological polar surface area (TPSA) is 20.3 Å². The summed E-state index contributed by atoms with van der Waals surface area (Å²) in [6.45, 7) is 5.04. The molecule has 0 radical (unpaired) electrons. The Labute approximate surface area is 124 Å². The van der Waals surface area contributed by atoms with Gasteiger partial charge in [0, 0.05) is 18.4 Å². The van der Waals surface area contributed by atoms with E-state index < -0.39 is 0 Å². The van der Waals surface area contributed by atoms with Gasteiger partial charge in [-0.15, -0.1) is 0 Å². The molecule has 1 saturated carbocycles. The van der Waals surface area contributed by atoms with Crippen LogP contribution in [0, 0.1) is 19.8 Å². The lowest BCUT2D eigenvalue weighted by Crippen LogP contribution is -2.38. The lowest BCUT2D eigenvalue weighted by atomic mass is 9.85. The molecule has 19 heavy (non-hydrogen) atoms. The molecule has 0 unspecified atom stereocenters. The molecule has 1 aliphatic rings. The normalized spacial score (nSPS) is 21.9. The highest BCUT2D eigenvalue weighted by Gasteiger charge is 2.28. The summed E-state index contributed by atoms with van der Waals surface area (Å²) in [6.07, 6.45) is 2.91. The molecule has 104 valence electrons. The first-order valence-electron chi connectivity index (χ1n) is 6.90. The van der Waals surface area contributed by atoms with E-state index in [9.17, 15) is 4.79 Å². The summed E-state index contributed by atoms with van der Waals surface area (Å²) < 4.78 is 0. The van der Waals surface area contributed by atoms with Crippen LogP contribution in [0.5, 0.6) is 0 Å². The van der Waals surface area contributed by atoms with Crippen LogP contribution in [0.1, 0.15) is 29.5 Å². The Morgan fingerprint density at radius 1 is 1.37 bits per heavy atom. The fraction of sp³-hybridized carbons (Fsp3) is 0.562. The molecular formula is C16H22BrNO. The maximum absolute atomic E-state index is 12.2. The molecule has 0 aromatic heterocycles. The zero-order chi connectivity index (χ0) is 14.0. The maximum atomic E-state index is 12.2. The number of carbonyl (C=O) groups is 1. The number of benzene rings is 1. The van der Waals surface area contributed by atoms with Crippen molar-refractivity contribution in [1.82, 2.24) is 4.90 Å². The second-order valence-corrected chi connectivity index (χ2v) is 7.11. The van der Waals surface area contributed by atoms with Crippen molar-refractivity contribution >= 4 is 21.8 Å². The fourth-order valence-corrected chi connectivity index (χ4v) is 3.64. The van der Waals surface area contributed by atoms with Crippen LogP contribution in [-0.2, 0) is 11.2 Å². The van der Waals surface area contributed by atoms with Crippen LogP contribution in [0.15, 0.2) is 18.2 Å². The molecule has 0 heterocycles. The number of likely N-dealkylation sites (N-methyl/N-ethyl adjacent to an activating group) is 1. The molecular weight excluding hydrogens is 302 g/mol. The number of rotatable bonds is 4. The van der Waals surface area contributed by atoms with Crippen LogP contribution in [-0.4, -0.2) is 29.2 Å². The first-order valence-corrected chi connectivity index (χ1v) is 7.81. The van der Waals surface area contributed by atoms with Gasteiger partial charge < -0.3 is 4.90 Å². The smallest absolute Gasteiger partial charge is 0.226 e. The Hall–Kier alpha value is -0.830. The molecule has 2 rings (SSSR count). The van der Waals surface area contributed by atoms with Gasteiger partial charge in [-0.2, -0.15) is 0 Å². The molecule has 0 atom stereocenters. The van der Waals surface area contributed by atoms with Crippen molar-refractivity contribution in [3.05, 3.63) is 34.9 Å². The lowest BCUT2D eigenvalue weighted by Gasteiger charge is -2.34. The number of hydrogen-bond acceptors (Lipinski definition) is 1. The summed E-state index contributed by atoms with van der Waals surface area (Å²) in [4.78, 5) is 14.8. The highest BCUT2D eigenvalue weighted by Crippen LogP contribution is 2.33. The van der Waals surface area contributed by atoms with Crippen molar-refractivity contribution < 1.29 is 4.79 Å². The SMILES string of the molecule is Cc1ccc(C)c(CC(=O)N(C)CC2CC(Br)C2)c1. The van der Waals surface area contributed by atoms with Crippen molar-refractivity contribution in [3.63, 3.8) is 0 Å². The van der Waals surface area contributed by atoms with Gasteiger partial charge in [-0.05, 0) is 43.7 Å². The summed E-state index contributed by atoms with van der Waals surface area (Å²) in [5.74, 6) is 0.906. The molecule has 3 heteroatoms. The molecule has 0 N–H and O–H groups in total. The predicted molar refractivity (Wildman–Crippen MR) is 82.7 cm³/mol. The minimum Gasteiger partial charge on any atom is -0.345 e. The minimum absolute atomic E-state index is 0.228. The van der Waals surface area contributed by atoms with Gasteiger partial charge in [0.2, 0.25) is 5.91 Å². The van der Waals surface area contributed by atoms with Gasteiger partial charge in [0.1, 0.15) is 0 Å². The van der Waals surface area contributed by atoms with E-state index in [2.05, 4.69) is 48.0 Å². The van der Waals surface area contributed by atoms with E-state index in [-0.39, 0.29) is 5.91 Å². The fourth-order valence-electron chi connectivity index (χ4n) is 2.58. The molecule has 1 aromatic rings. The lowest BCUT2D eigenvalue weighted by molar-refractivity contribution is -0.130. The second-order valence-electron chi connectivity index (χ2n) is 5.82. The largest absolute Gasteiger partial charge is 0.345 e. The third kappa shape index (κ3) is 3.82. The zero-order valence-corrected chi connectivity index (χ0v) is 13.5. The molecule has 0 spiro atoms. The molecule has 2 nitrogen and oxygen atoms in total. The van der Waals surface area contributed by atoms with E-state index in [1.165, 1.54) is 24.0 Å². The number of alkyl halides is 1. The monoisotopic (exact) mass is 323 g/mol. The number of nitrogens with zero attached hydrogens (tertiary/aromatic N) is 1. The molecule has 0 aliphatic heterocycles. The van der Waals surface area contributed by atoms with Gasteiger partial charge in [-0.1, -0.05) is 39.7 Å². The van der Waals surface area contributed by atoms with Crippen LogP contribution in [0.2, 0.25) is 0 Å². The quantitative estimate of drug-likeness (QED) is 0.777. The zero-order valence-electron chi connectivity index (χ0n) is 11.9. The van der Waals surface area contributed by atoms with E-state index in [4.69, 9.17) is 0 Å². The summed E-state index contributed by atoms with van der Waals surface area (Å²) in [7, 11) is 1.93. The standard InChI is InChI=1S/C16H22BrNO/c1-11-4-5-12(2)14(6-11)9-16(19)18(3)10-13-7-15(17)8-13/h4-6,13,15H,7-10H2,1-3H3. The second kappa shape index (κ2) is 6.08.